The number of rotatable bonds is 2. The molecule has 0 bridgehead atoms. The minimum atomic E-state index is -0.258. The molecular formula is C16H14N2S. The normalized spacial score (nSPS) is 18.9. The van der Waals surface area contributed by atoms with Crippen LogP contribution < -0.4 is 0 Å². The van der Waals surface area contributed by atoms with E-state index >= 15 is 0 Å². The molecule has 4 rings (SSSR count). The number of aryl methyl sites for hydroxylation is 2. The predicted octanol–water partition coefficient (Wildman–Crippen LogP) is 3.85. The summed E-state index contributed by atoms with van der Waals surface area (Å²) in [6.45, 7) is 0. The van der Waals surface area contributed by atoms with E-state index in [1.807, 2.05) is 0 Å². The summed E-state index contributed by atoms with van der Waals surface area (Å²) in [5.74, 6) is 0. The van der Waals surface area contributed by atoms with Crippen LogP contribution in [0.5, 0.6) is 0 Å². The van der Waals surface area contributed by atoms with E-state index in [4.69, 9.17) is 4.98 Å². The Labute approximate surface area is 116 Å². The zero-order valence-corrected chi connectivity index (χ0v) is 11.5. The van der Waals surface area contributed by atoms with Crippen LogP contribution in [0.2, 0.25) is 0 Å². The Morgan fingerprint density at radius 1 is 1.21 bits per heavy atom. The van der Waals surface area contributed by atoms with Crippen molar-refractivity contribution in [3.05, 3.63) is 40.4 Å². The van der Waals surface area contributed by atoms with E-state index in [2.05, 4.69) is 29.6 Å². The minimum Gasteiger partial charge on any atom is -0.239 e. The minimum absolute atomic E-state index is 0.258. The lowest BCUT2D eigenvalue weighted by Crippen LogP contribution is -2.02. The number of thiazole rings is 1. The molecule has 94 valence electrons. The molecule has 1 heterocycles. The first-order chi connectivity index (χ1) is 9.31. The van der Waals surface area contributed by atoms with E-state index < -0.39 is 0 Å². The highest BCUT2D eigenvalue weighted by molar-refractivity contribution is 7.13. The predicted molar refractivity (Wildman–Crippen MR) is 76.1 cm³/mol. The highest BCUT2D eigenvalue weighted by Gasteiger charge is 2.47. The molecule has 2 aliphatic rings. The fourth-order valence-electron chi connectivity index (χ4n) is 2.88. The van der Waals surface area contributed by atoms with Crippen molar-refractivity contribution >= 4 is 11.3 Å². The number of aromatic nitrogens is 1. The first-order valence-corrected chi connectivity index (χ1v) is 7.68. The summed E-state index contributed by atoms with van der Waals surface area (Å²) in [4.78, 5) is 4.71. The van der Waals surface area contributed by atoms with Gasteiger partial charge in [-0.3, -0.25) is 0 Å². The van der Waals surface area contributed by atoms with Crippen LogP contribution in [0.15, 0.2) is 23.6 Å². The van der Waals surface area contributed by atoms with Crippen LogP contribution in [0.1, 0.15) is 36.1 Å². The van der Waals surface area contributed by atoms with E-state index in [0.29, 0.717) is 0 Å². The lowest BCUT2D eigenvalue weighted by Gasteiger charge is -2.02. The summed E-state index contributed by atoms with van der Waals surface area (Å²) < 4.78 is 0. The molecular weight excluding hydrogens is 252 g/mol. The summed E-state index contributed by atoms with van der Waals surface area (Å²) in [6, 6.07) is 9.13. The van der Waals surface area contributed by atoms with Gasteiger partial charge in [-0.25, -0.2) is 4.98 Å². The quantitative estimate of drug-likeness (QED) is 0.827. The maximum Gasteiger partial charge on any atom is 0.123 e. The zero-order chi connectivity index (χ0) is 12.9. The van der Waals surface area contributed by atoms with Crippen LogP contribution in [0.25, 0.3) is 10.6 Å². The molecule has 0 saturated heterocycles. The van der Waals surface area contributed by atoms with Gasteiger partial charge in [0.05, 0.1) is 11.8 Å². The van der Waals surface area contributed by atoms with Crippen LogP contribution in [-0.2, 0) is 18.3 Å². The molecule has 19 heavy (non-hydrogen) atoms. The Kier molecular flexibility index (Phi) is 2.31. The third-order valence-electron chi connectivity index (χ3n) is 4.30. The molecule has 0 atom stereocenters. The second kappa shape index (κ2) is 3.91. The first kappa shape index (κ1) is 11.2. The largest absolute Gasteiger partial charge is 0.239 e. The number of hydrogen-bond acceptors (Lipinski definition) is 3. The molecule has 1 fully saturated rings. The first-order valence-electron chi connectivity index (χ1n) is 6.80. The van der Waals surface area contributed by atoms with Crippen LogP contribution >= 0.6 is 11.3 Å². The van der Waals surface area contributed by atoms with Crippen molar-refractivity contribution < 1.29 is 0 Å². The maximum atomic E-state index is 9.23. The van der Waals surface area contributed by atoms with Gasteiger partial charge in [0.2, 0.25) is 0 Å². The number of benzene rings is 1. The van der Waals surface area contributed by atoms with Crippen molar-refractivity contribution in [3.8, 4) is 16.6 Å². The lowest BCUT2D eigenvalue weighted by molar-refractivity contribution is 0.868. The summed E-state index contributed by atoms with van der Waals surface area (Å²) in [5.41, 5.74) is 4.92. The van der Waals surface area contributed by atoms with Crippen LogP contribution in [0, 0.1) is 11.3 Å². The van der Waals surface area contributed by atoms with Crippen LogP contribution in [-0.4, -0.2) is 4.98 Å². The van der Waals surface area contributed by atoms with Gasteiger partial charge in [0.15, 0.2) is 0 Å². The molecule has 1 aromatic heterocycles. The topological polar surface area (TPSA) is 36.7 Å². The zero-order valence-electron chi connectivity index (χ0n) is 10.6. The molecule has 0 spiro atoms. The summed E-state index contributed by atoms with van der Waals surface area (Å²) >= 11 is 1.67. The van der Waals surface area contributed by atoms with Gasteiger partial charge in [0, 0.05) is 10.9 Å². The molecule has 2 aromatic rings. The molecule has 3 heteroatoms. The average molecular weight is 266 g/mol. The highest BCUT2D eigenvalue weighted by Crippen LogP contribution is 2.48. The number of hydrogen-bond donors (Lipinski definition) is 0. The lowest BCUT2D eigenvalue weighted by atomic mass is 10.1. The van der Waals surface area contributed by atoms with Crippen molar-refractivity contribution in [1.82, 2.24) is 4.98 Å². The summed E-state index contributed by atoms with van der Waals surface area (Å²) in [5, 5.41) is 12.4. The van der Waals surface area contributed by atoms with Gasteiger partial charge in [0.25, 0.3) is 0 Å². The van der Waals surface area contributed by atoms with Gasteiger partial charge in [-0.1, -0.05) is 12.1 Å². The van der Waals surface area contributed by atoms with E-state index in [0.717, 1.165) is 23.5 Å². The van der Waals surface area contributed by atoms with Crippen LogP contribution in [0.3, 0.4) is 0 Å². The third kappa shape index (κ3) is 1.71. The van der Waals surface area contributed by atoms with Gasteiger partial charge in [-0.05, 0) is 49.3 Å². The van der Waals surface area contributed by atoms with Crippen molar-refractivity contribution in [3.63, 3.8) is 0 Å². The second-order valence-corrected chi connectivity index (χ2v) is 6.43. The SMILES string of the molecule is N#CC1(c2csc(-c3ccc4c(c3)CCC4)n2)CC1. The van der Waals surface area contributed by atoms with E-state index in [1.165, 1.54) is 36.0 Å². The van der Waals surface area contributed by atoms with Crippen molar-refractivity contribution in [2.75, 3.05) is 0 Å². The van der Waals surface area contributed by atoms with Gasteiger partial charge in [-0.15, -0.1) is 11.3 Å². The standard InChI is InChI=1S/C16H14N2S/c17-10-16(6-7-16)14-9-19-15(18-14)13-5-4-11-2-1-3-12(11)8-13/h4-5,8-9H,1-3,6-7H2. The molecule has 2 nitrogen and oxygen atoms in total. The Morgan fingerprint density at radius 2 is 2.05 bits per heavy atom. The Hall–Kier alpha value is -1.66. The smallest absolute Gasteiger partial charge is 0.123 e. The fraction of sp³-hybridized carbons (Fsp3) is 0.375. The van der Waals surface area contributed by atoms with Crippen LogP contribution in [0.4, 0.5) is 0 Å². The van der Waals surface area contributed by atoms with E-state index in [-0.39, 0.29) is 5.41 Å². The van der Waals surface area contributed by atoms with E-state index in [9.17, 15) is 5.26 Å². The Balaban J connectivity index is 1.72. The molecule has 1 saturated carbocycles. The summed E-state index contributed by atoms with van der Waals surface area (Å²) in [6.07, 6.45) is 5.63. The monoisotopic (exact) mass is 266 g/mol. The third-order valence-corrected chi connectivity index (χ3v) is 5.20. The van der Waals surface area contributed by atoms with Gasteiger partial charge in [0.1, 0.15) is 10.4 Å². The summed E-state index contributed by atoms with van der Waals surface area (Å²) in [7, 11) is 0. The highest BCUT2D eigenvalue weighted by atomic mass is 32.1. The molecule has 0 amide bonds. The number of nitriles is 1. The van der Waals surface area contributed by atoms with Gasteiger partial charge < -0.3 is 0 Å². The van der Waals surface area contributed by atoms with Gasteiger partial charge in [-0.2, -0.15) is 5.26 Å². The molecule has 1 aromatic carbocycles. The molecule has 0 unspecified atom stereocenters. The van der Waals surface area contributed by atoms with Crippen molar-refractivity contribution in [2.24, 2.45) is 0 Å². The molecule has 0 N–H and O–H groups in total. The molecule has 0 aliphatic heterocycles. The van der Waals surface area contributed by atoms with Gasteiger partial charge >= 0.3 is 0 Å². The van der Waals surface area contributed by atoms with Crippen molar-refractivity contribution in [2.45, 2.75) is 37.5 Å². The van der Waals surface area contributed by atoms with Crippen molar-refractivity contribution in [1.29, 1.82) is 5.26 Å². The maximum absolute atomic E-state index is 9.23. The fourth-order valence-corrected chi connectivity index (χ4v) is 3.80. The average Bonchev–Trinajstić information content (AvgIpc) is 2.90. The number of nitrogens with zero attached hydrogens (tertiary/aromatic N) is 2. The molecule has 2 aliphatic carbocycles. The Bertz CT molecular complexity index is 689. The Morgan fingerprint density at radius 3 is 2.84 bits per heavy atom. The second-order valence-electron chi connectivity index (χ2n) is 5.57. The number of fused-ring (bicyclic) bond motifs is 1. The van der Waals surface area contributed by atoms with E-state index in [1.54, 1.807) is 11.3 Å². The molecule has 0 radical (unpaired) electrons.